The van der Waals surface area contributed by atoms with Crippen molar-refractivity contribution in [3.63, 3.8) is 0 Å². The Morgan fingerprint density at radius 1 is 1.10 bits per heavy atom. The summed E-state index contributed by atoms with van der Waals surface area (Å²) in [5, 5.41) is 0. The van der Waals surface area contributed by atoms with Gasteiger partial charge in [-0.25, -0.2) is 4.98 Å². The standard InChI is InChI=1S/C17H27N3/c1-2-10-19-11-4-3-7-16(19)15-8-9-17(18-14-15)20-12-5-6-13-20/h8-9,14,16H,2-7,10-13H2,1H3. The lowest BCUT2D eigenvalue weighted by molar-refractivity contribution is 0.149. The molecular formula is C17H27N3. The molecule has 0 N–H and O–H groups in total. The Morgan fingerprint density at radius 3 is 2.60 bits per heavy atom. The number of anilines is 1. The Morgan fingerprint density at radius 2 is 1.90 bits per heavy atom. The van der Waals surface area contributed by atoms with Gasteiger partial charge in [0, 0.05) is 25.3 Å². The summed E-state index contributed by atoms with van der Waals surface area (Å²) in [5.74, 6) is 1.17. The number of rotatable bonds is 4. The summed E-state index contributed by atoms with van der Waals surface area (Å²) in [5.41, 5.74) is 1.42. The number of pyridine rings is 1. The van der Waals surface area contributed by atoms with Crippen molar-refractivity contribution in [2.75, 3.05) is 31.1 Å². The first-order valence-corrected chi connectivity index (χ1v) is 8.33. The highest BCUT2D eigenvalue weighted by Crippen LogP contribution is 2.31. The van der Waals surface area contributed by atoms with Crippen LogP contribution in [0, 0.1) is 0 Å². The third-order valence-corrected chi connectivity index (χ3v) is 4.71. The van der Waals surface area contributed by atoms with Crippen molar-refractivity contribution < 1.29 is 0 Å². The van der Waals surface area contributed by atoms with Crippen LogP contribution in [0.4, 0.5) is 5.82 Å². The minimum atomic E-state index is 0.601. The zero-order chi connectivity index (χ0) is 13.8. The largest absolute Gasteiger partial charge is 0.357 e. The smallest absolute Gasteiger partial charge is 0.128 e. The van der Waals surface area contributed by atoms with Gasteiger partial charge in [0.15, 0.2) is 0 Å². The first-order chi connectivity index (χ1) is 9.88. The molecular weight excluding hydrogens is 246 g/mol. The normalized spacial score (nSPS) is 24.2. The van der Waals surface area contributed by atoms with E-state index in [0.29, 0.717) is 6.04 Å². The summed E-state index contributed by atoms with van der Waals surface area (Å²) < 4.78 is 0. The minimum absolute atomic E-state index is 0.601. The van der Waals surface area contributed by atoms with Crippen LogP contribution in [0.15, 0.2) is 18.3 Å². The molecule has 1 atom stereocenters. The average molecular weight is 273 g/mol. The summed E-state index contributed by atoms with van der Waals surface area (Å²) >= 11 is 0. The molecule has 0 saturated carbocycles. The van der Waals surface area contributed by atoms with Gasteiger partial charge >= 0.3 is 0 Å². The fourth-order valence-electron chi connectivity index (χ4n) is 3.65. The molecule has 3 heteroatoms. The van der Waals surface area contributed by atoms with E-state index in [2.05, 4.69) is 35.1 Å². The van der Waals surface area contributed by atoms with Gasteiger partial charge in [-0.1, -0.05) is 19.4 Å². The maximum atomic E-state index is 4.73. The minimum Gasteiger partial charge on any atom is -0.357 e. The number of hydrogen-bond donors (Lipinski definition) is 0. The van der Waals surface area contributed by atoms with E-state index in [1.165, 1.54) is 76.1 Å². The number of hydrogen-bond acceptors (Lipinski definition) is 3. The van der Waals surface area contributed by atoms with Gasteiger partial charge in [-0.15, -0.1) is 0 Å². The van der Waals surface area contributed by atoms with Crippen molar-refractivity contribution in [3.8, 4) is 0 Å². The summed E-state index contributed by atoms with van der Waals surface area (Å²) in [6, 6.07) is 5.16. The van der Waals surface area contributed by atoms with Crippen molar-refractivity contribution in [1.82, 2.24) is 9.88 Å². The maximum Gasteiger partial charge on any atom is 0.128 e. The molecule has 20 heavy (non-hydrogen) atoms. The highest BCUT2D eigenvalue weighted by atomic mass is 15.2. The number of likely N-dealkylation sites (tertiary alicyclic amines) is 1. The zero-order valence-corrected chi connectivity index (χ0v) is 12.7. The highest BCUT2D eigenvalue weighted by Gasteiger charge is 2.23. The van der Waals surface area contributed by atoms with Crippen LogP contribution in [0.1, 0.15) is 57.1 Å². The van der Waals surface area contributed by atoms with Gasteiger partial charge in [-0.3, -0.25) is 4.90 Å². The first kappa shape index (κ1) is 13.9. The second-order valence-corrected chi connectivity index (χ2v) is 6.19. The molecule has 2 saturated heterocycles. The Hall–Kier alpha value is -1.09. The number of nitrogens with zero attached hydrogens (tertiary/aromatic N) is 3. The molecule has 0 aliphatic carbocycles. The fourth-order valence-corrected chi connectivity index (χ4v) is 3.65. The van der Waals surface area contributed by atoms with Gasteiger partial charge < -0.3 is 4.90 Å². The van der Waals surface area contributed by atoms with Crippen molar-refractivity contribution in [2.24, 2.45) is 0 Å². The third kappa shape index (κ3) is 2.98. The van der Waals surface area contributed by atoms with E-state index in [0.717, 1.165) is 0 Å². The lowest BCUT2D eigenvalue weighted by Crippen LogP contribution is -2.34. The van der Waals surface area contributed by atoms with Crippen molar-refractivity contribution >= 4 is 5.82 Å². The van der Waals surface area contributed by atoms with Gasteiger partial charge in [0.25, 0.3) is 0 Å². The summed E-state index contributed by atoms with van der Waals surface area (Å²) in [4.78, 5) is 9.79. The molecule has 3 nitrogen and oxygen atoms in total. The molecule has 3 rings (SSSR count). The highest BCUT2D eigenvalue weighted by molar-refractivity contribution is 5.40. The van der Waals surface area contributed by atoms with Gasteiger partial charge in [0.05, 0.1) is 0 Å². The SMILES string of the molecule is CCCN1CCCCC1c1ccc(N2CCCC2)nc1. The Kier molecular flexibility index (Phi) is 4.56. The van der Waals surface area contributed by atoms with Gasteiger partial charge in [0.1, 0.15) is 5.82 Å². The van der Waals surface area contributed by atoms with E-state index in [9.17, 15) is 0 Å². The topological polar surface area (TPSA) is 19.4 Å². The maximum absolute atomic E-state index is 4.73. The van der Waals surface area contributed by atoms with E-state index in [1.807, 2.05) is 0 Å². The second-order valence-electron chi connectivity index (χ2n) is 6.19. The summed E-state index contributed by atoms with van der Waals surface area (Å²) in [6.07, 6.45) is 10.0. The van der Waals surface area contributed by atoms with Crippen LogP contribution in [0.25, 0.3) is 0 Å². The van der Waals surface area contributed by atoms with Gasteiger partial charge in [0.2, 0.25) is 0 Å². The van der Waals surface area contributed by atoms with Crippen LogP contribution in [0.5, 0.6) is 0 Å². The summed E-state index contributed by atoms with van der Waals surface area (Å²) in [6.45, 7) is 7.11. The molecule has 0 bridgehead atoms. The quantitative estimate of drug-likeness (QED) is 0.835. The predicted octanol–water partition coefficient (Wildman–Crippen LogP) is 3.62. The molecule has 1 aromatic rings. The van der Waals surface area contributed by atoms with Crippen molar-refractivity contribution in [3.05, 3.63) is 23.9 Å². The van der Waals surface area contributed by atoms with Crippen molar-refractivity contribution in [2.45, 2.75) is 51.5 Å². The molecule has 0 aromatic carbocycles. The number of piperidine rings is 1. The molecule has 0 spiro atoms. The Labute approximate surface area is 123 Å². The molecule has 2 aliphatic rings. The fraction of sp³-hybridized carbons (Fsp3) is 0.706. The lowest BCUT2D eigenvalue weighted by Gasteiger charge is -2.35. The van der Waals surface area contributed by atoms with Crippen LogP contribution in [-0.4, -0.2) is 36.1 Å². The van der Waals surface area contributed by atoms with Crippen LogP contribution >= 0.6 is 0 Å². The number of aromatic nitrogens is 1. The molecule has 2 aliphatic heterocycles. The van der Waals surface area contributed by atoms with Crippen LogP contribution < -0.4 is 4.90 Å². The van der Waals surface area contributed by atoms with E-state index >= 15 is 0 Å². The Bertz CT molecular complexity index is 407. The summed E-state index contributed by atoms with van der Waals surface area (Å²) in [7, 11) is 0. The third-order valence-electron chi connectivity index (χ3n) is 4.71. The molecule has 2 fully saturated rings. The molecule has 0 radical (unpaired) electrons. The van der Waals surface area contributed by atoms with E-state index in [-0.39, 0.29) is 0 Å². The van der Waals surface area contributed by atoms with E-state index in [4.69, 9.17) is 4.98 Å². The van der Waals surface area contributed by atoms with Crippen LogP contribution in [0.3, 0.4) is 0 Å². The second kappa shape index (κ2) is 6.57. The first-order valence-electron chi connectivity index (χ1n) is 8.33. The predicted molar refractivity (Wildman–Crippen MR) is 84.1 cm³/mol. The van der Waals surface area contributed by atoms with Crippen LogP contribution in [0.2, 0.25) is 0 Å². The average Bonchev–Trinajstić information content (AvgIpc) is 3.03. The monoisotopic (exact) mass is 273 g/mol. The van der Waals surface area contributed by atoms with E-state index < -0.39 is 0 Å². The molecule has 1 unspecified atom stereocenters. The van der Waals surface area contributed by atoms with Gasteiger partial charge in [-0.2, -0.15) is 0 Å². The zero-order valence-electron chi connectivity index (χ0n) is 12.7. The van der Waals surface area contributed by atoms with E-state index in [1.54, 1.807) is 0 Å². The van der Waals surface area contributed by atoms with Crippen LogP contribution in [-0.2, 0) is 0 Å². The van der Waals surface area contributed by atoms with Crippen molar-refractivity contribution in [1.29, 1.82) is 0 Å². The molecule has 1 aromatic heterocycles. The molecule has 0 amide bonds. The molecule has 3 heterocycles. The lowest BCUT2D eigenvalue weighted by atomic mass is 9.96. The molecule has 110 valence electrons. The van der Waals surface area contributed by atoms with Gasteiger partial charge in [-0.05, 0) is 56.8 Å². The Balaban J connectivity index is 1.71.